The molecule has 0 spiro atoms. The zero-order valence-electron chi connectivity index (χ0n) is 19.6. The van der Waals surface area contributed by atoms with Crippen LogP contribution in [0.25, 0.3) is 0 Å². The van der Waals surface area contributed by atoms with Crippen molar-refractivity contribution in [2.24, 2.45) is 4.99 Å². The Kier molecular flexibility index (Phi) is 7.40. The number of likely N-dealkylation sites (N-methyl/N-ethyl adjacent to an activating group) is 1. The van der Waals surface area contributed by atoms with Gasteiger partial charge in [0, 0.05) is 23.9 Å². The summed E-state index contributed by atoms with van der Waals surface area (Å²) in [5, 5.41) is 5.32. The average molecular weight is 475 g/mol. The van der Waals surface area contributed by atoms with Crippen molar-refractivity contribution in [1.82, 2.24) is 5.32 Å². The molecule has 0 bridgehead atoms. The Balaban J connectivity index is 1.57. The summed E-state index contributed by atoms with van der Waals surface area (Å²) in [5.74, 6) is -0.206. The van der Waals surface area contributed by atoms with Crippen LogP contribution in [0.5, 0.6) is 5.75 Å². The predicted molar refractivity (Wildman–Crippen MR) is 135 cm³/mol. The van der Waals surface area contributed by atoms with Crippen LogP contribution >= 0.6 is 0 Å². The van der Waals surface area contributed by atoms with Gasteiger partial charge in [0.1, 0.15) is 11.6 Å². The van der Waals surface area contributed by atoms with Crippen molar-refractivity contribution < 1.29 is 18.7 Å². The van der Waals surface area contributed by atoms with Crippen molar-refractivity contribution in [3.8, 4) is 5.75 Å². The van der Waals surface area contributed by atoms with E-state index >= 15 is 0 Å². The number of fused-ring (bicyclic) bond motifs is 1. The molecule has 180 valence electrons. The van der Waals surface area contributed by atoms with Crippen LogP contribution < -0.4 is 20.3 Å². The number of halogens is 1. The van der Waals surface area contributed by atoms with Gasteiger partial charge in [-0.05, 0) is 48.9 Å². The molecule has 7 nitrogen and oxygen atoms in total. The van der Waals surface area contributed by atoms with E-state index < -0.39 is 23.9 Å². The summed E-state index contributed by atoms with van der Waals surface area (Å²) in [6.07, 6.45) is 0.755. The summed E-state index contributed by atoms with van der Waals surface area (Å²) in [5.41, 5.74) is 2.23. The van der Waals surface area contributed by atoms with Crippen molar-refractivity contribution in [2.45, 2.75) is 25.9 Å². The molecule has 0 aromatic heterocycles. The molecule has 1 heterocycles. The topological polar surface area (TPSA) is 83.0 Å². The van der Waals surface area contributed by atoms with E-state index in [4.69, 9.17) is 4.74 Å². The minimum atomic E-state index is -1.25. The Bertz CT molecular complexity index is 1240. The fourth-order valence-electron chi connectivity index (χ4n) is 3.74. The SMILES string of the molecule is CCCCOc1ccc(NC(=O)NC2N=C(c3ccccc3F)c3ccccc3N(C)C2=O)cc1. The Morgan fingerprint density at radius 3 is 2.43 bits per heavy atom. The minimum Gasteiger partial charge on any atom is -0.494 e. The highest BCUT2D eigenvalue weighted by Gasteiger charge is 2.31. The molecule has 0 fully saturated rings. The van der Waals surface area contributed by atoms with Crippen LogP contribution in [0.1, 0.15) is 30.9 Å². The number of anilines is 2. The van der Waals surface area contributed by atoms with Gasteiger partial charge in [0.15, 0.2) is 0 Å². The third kappa shape index (κ3) is 5.48. The van der Waals surface area contributed by atoms with Crippen molar-refractivity contribution in [3.63, 3.8) is 0 Å². The Morgan fingerprint density at radius 2 is 1.71 bits per heavy atom. The molecular weight excluding hydrogens is 447 g/mol. The van der Waals surface area contributed by atoms with Crippen LogP contribution in [0.4, 0.5) is 20.6 Å². The van der Waals surface area contributed by atoms with Gasteiger partial charge in [-0.25, -0.2) is 14.2 Å². The number of benzodiazepines with no additional fused rings is 1. The molecule has 3 amide bonds. The number of para-hydroxylation sites is 1. The average Bonchev–Trinajstić information content (AvgIpc) is 2.96. The van der Waals surface area contributed by atoms with Gasteiger partial charge in [-0.15, -0.1) is 0 Å². The lowest BCUT2D eigenvalue weighted by atomic mass is 10.00. The number of carbonyl (C=O) groups excluding carboxylic acids is 2. The first kappa shape index (κ1) is 23.9. The van der Waals surface area contributed by atoms with Crippen LogP contribution in [0.3, 0.4) is 0 Å². The molecule has 0 saturated heterocycles. The van der Waals surface area contributed by atoms with Crippen molar-refractivity contribution in [3.05, 3.63) is 89.7 Å². The fourth-order valence-corrected chi connectivity index (χ4v) is 3.74. The number of amides is 3. The highest BCUT2D eigenvalue weighted by molar-refractivity contribution is 6.20. The molecule has 4 rings (SSSR count). The van der Waals surface area contributed by atoms with E-state index in [1.54, 1.807) is 73.8 Å². The largest absolute Gasteiger partial charge is 0.494 e. The predicted octanol–water partition coefficient (Wildman–Crippen LogP) is 4.97. The number of nitrogens with zero attached hydrogens (tertiary/aromatic N) is 2. The number of rotatable bonds is 7. The van der Waals surface area contributed by atoms with Crippen LogP contribution in [-0.4, -0.2) is 37.5 Å². The molecule has 3 aromatic rings. The van der Waals surface area contributed by atoms with Crippen molar-refractivity contribution in [2.75, 3.05) is 23.9 Å². The van der Waals surface area contributed by atoms with E-state index in [1.165, 1.54) is 11.0 Å². The molecule has 0 aliphatic carbocycles. The molecule has 2 N–H and O–H groups in total. The van der Waals surface area contributed by atoms with Crippen LogP contribution in [0, 0.1) is 5.82 Å². The van der Waals surface area contributed by atoms with Gasteiger partial charge in [-0.2, -0.15) is 0 Å². The molecule has 0 radical (unpaired) electrons. The highest BCUT2D eigenvalue weighted by Crippen LogP contribution is 2.28. The van der Waals surface area contributed by atoms with Gasteiger partial charge in [-0.1, -0.05) is 43.7 Å². The molecule has 1 aliphatic heterocycles. The Morgan fingerprint density at radius 1 is 1.03 bits per heavy atom. The van der Waals surface area contributed by atoms with Gasteiger partial charge >= 0.3 is 6.03 Å². The third-order valence-electron chi connectivity index (χ3n) is 5.62. The molecular formula is C27H27FN4O3. The smallest absolute Gasteiger partial charge is 0.321 e. The third-order valence-corrected chi connectivity index (χ3v) is 5.62. The number of benzene rings is 3. The fraction of sp³-hybridized carbons (Fsp3) is 0.222. The summed E-state index contributed by atoms with van der Waals surface area (Å²) < 4.78 is 20.3. The maximum atomic E-state index is 14.7. The van der Waals surface area contributed by atoms with Crippen molar-refractivity contribution >= 4 is 29.0 Å². The monoisotopic (exact) mass is 474 g/mol. The first-order valence-electron chi connectivity index (χ1n) is 11.5. The van der Waals surface area contributed by atoms with E-state index in [1.807, 2.05) is 0 Å². The molecule has 8 heteroatoms. The summed E-state index contributed by atoms with van der Waals surface area (Å²) in [4.78, 5) is 31.9. The van der Waals surface area contributed by atoms with Crippen LogP contribution in [-0.2, 0) is 4.79 Å². The van der Waals surface area contributed by atoms with E-state index in [0.29, 0.717) is 29.3 Å². The number of hydrogen-bond acceptors (Lipinski definition) is 4. The number of hydrogen-bond donors (Lipinski definition) is 2. The highest BCUT2D eigenvalue weighted by atomic mass is 19.1. The summed E-state index contributed by atoms with van der Waals surface area (Å²) in [6, 6.07) is 19.7. The maximum Gasteiger partial charge on any atom is 0.321 e. The number of aliphatic imine (C=N–C) groups is 1. The minimum absolute atomic E-state index is 0.244. The number of urea groups is 1. The molecule has 3 aromatic carbocycles. The lowest BCUT2D eigenvalue weighted by Gasteiger charge is -2.21. The molecule has 0 saturated carbocycles. The van der Waals surface area contributed by atoms with Crippen molar-refractivity contribution in [1.29, 1.82) is 0 Å². The number of carbonyl (C=O) groups is 2. The molecule has 35 heavy (non-hydrogen) atoms. The standard InChI is InChI=1S/C27H27FN4O3/c1-3-4-17-35-19-15-13-18(14-16-19)29-27(34)31-25-26(33)32(2)23-12-8-6-10-21(23)24(30-25)20-9-5-7-11-22(20)28/h5-16,25H,3-4,17H2,1-2H3,(H2,29,31,34). The number of ether oxygens (including phenoxy) is 1. The van der Waals surface area contributed by atoms with E-state index in [-0.39, 0.29) is 11.3 Å². The normalized spacial score (nSPS) is 15.1. The second-order valence-corrected chi connectivity index (χ2v) is 8.10. The quantitative estimate of drug-likeness (QED) is 0.475. The first-order chi connectivity index (χ1) is 17.0. The maximum absolute atomic E-state index is 14.7. The second kappa shape index (κ2) is 10.8. The molecule has 1 atom stereocenters. The van der Waals surface area contributed by atoms with Gasteiger partial charge in [0.25, 0.3) is 5.91 Å². The van der Waals surface area contributed by atoms with E-state index in [2.05, 4.69) is 22.5 Å². The summed E-state index contributed by atoms with van der Waals surface area (Å²) in [6.45, 7) is 2.72. The van der Waals surface area contributed by atoms with Crippen LogP contribution in [0.2, 0.25) is 0 Å². The van der Waals surface area contributed by atoms with E-state index in [9.17, 15) is 14.0 Å². The Labute approximate surface area is 203 Å². The van der Waals surface area contributed by atoms with Gasteiger partial charge < -0.3 is 20.3 Å². The number of unbranched alkanes of at least 4 members (excludes halogenated alkanes) is 1. The lowest BCUT2D eigenvalue weighted by Crippen LogP contribution is -2.47. The van der Waals surface area contributed by atoms with Crippen LogP contribution in [0.15, 0.2) is 77.8 Å². The molecule has 1 unspecified atom stereocenters. The van der Waals surface area contributed by atoms with Gasteiger partial charge in [0.05, 0.1) is 18.0 Å². The summed E-state index contributed by atoms with van der Waals surface area (Å²) >= 11 is 0. The van der Waals surface area contributed by atoms with E-state index in [0.717, 1.165) is 12.8 Å². The van der Waals surface area contributed by atoms with Gasteiger partial charge in [-0.3, -0.25) is 4.79 Å². The zero-order chi connectivity index (χ0) is 24.8. The number of nitrogens with one attached hydrogen (secondary N) is 2. The van der Waals surface area contributed by atoms with Gasteiger partial charge in [0.2, 0.25) is 6.17 Å². The second-order valence-electron chi connectivity index (χ2n) is 8.10. The summed E-state index contributed by atoms with van der Waals surface area (Å²) in [7, 11) is 1.60. The molecule has 1 aliphatic rings. The lowest BCUT2D eigenvalue weighted by molar-refractivity contribution is -0.119. The zero-order valence-corrected chi connectivity index (χ0v) is 19.6. The first-order valence-corrected chi connectivity index (χ1v) is 11.5. The Hall–Kier alpha value is -4.20.